The molecule has 2 saturated heterocycles. The Morgan fingerprint density at radius 2 is 1.61 bits per heavy atom. The predicted molar refractivity (Wildman–Crippen MR) is 104 cm³/mol. The standard InChI is InChI=1S/C13H19N3.C3H4.2C2H6/c1-9-6-11-3-4-12(7-9)16(11)13-5-2-10(14)8-15-13;1-3-2;2*1-2/h2,5,8-9,11-12H,3-4,6-7,14H2,1H3;1H,2H3;2*1-2H3. The lowest BCUT2D eigenvalue weighted by Crippen LogP contribution is -2.42. The van der Waals surface area contributed by atoms with E-state index in [0.717, 1.165) is 17.4 Å². The van der Waals surface area contributed by atoms with E-state index in [1.54, 1.807) is 13.1 Å². The fraction of sp³-hybridized carbons (Fsp3) is 0.650. The van der Waals surface area contributed by atoms with Crippen LogP contribution in [0.25, 0.3) is 0 Å². The van der Waals surface area contributed by atoms with Gasteiger partial charge in [0.05, 0.1) is 11.9 Å². The zero-order chi connectivity index (χ0) is 17.8. The molecule has 2 fully saturated rings. The van der Waals surface area contributed by atoms with Crippen molar-refractivity contribution < 1.29 is 0 Å². The Balaban J connectivity index is 0.000000609. The Morgan fingerprint density at radius 1 is 1.13 bits per heavy atom. The predicted octanol–water partition coefficient (Wildman–Crippen LogP) is 5.12. The van der Waals surface area contributed by atoms with E-state index in [-0.39, 0.29) is 0 Å². The lowest BCUT2D eigenvalue weighted by Gasteiger charge is -2.38. The van der Waals surface area contributed by atoms with Crippen LogP contribution in [0.2, 0.25) is 0 Å². The average molecular weight is 318 g/mol. The van der Waals surface area contributed by atoms with Crippen LogP contribution < -0.4 is 10.6 Å². The topological polar surface area (TPSA) is 42.1 Å². The number of rotatable bonds is 1. The molecule has 3 heteroatoms. The van der Waals surface area contributed by atoms with Crippen LogP contribution >= 0.6 is 0 Å². The first kappa shape index (κ1) is 21.3. The number of pyridine rings is 1. The summed E-state index contributed by atoms with van der Waals surface area (Å²) in [5.41, 5.74) is 6.43. The molecule has 3 heterocycles. The van der Waals surface area contributed by atoms with Gasteiger partial charge in [-0.1, -0.05) is 34.6 Å². The van der Waals surface area contributed by atoms with Crippen molar-refractivity contribution in [2.75, 3.05) is 10.6 Å². The zero-order valence-electron chi connectivity index (χ0n) is 15.8. The summed E-state index contributed by atoms with van der Waals surface area (Å²) in [5, 5.41) is 0. The number of piperidine rings is 1. The zero-order valence-corrected chi connectivity index (χ0v) is 15.8. The molecule has 130 valence electrons. The maximum atomic E-state index is 5.68. The van der Waals surface area contributed by atoms with E-state index >= 15 is 0 Å². The molecule has 0 saturated carbocycles. The second kappa shape index (κ2) is 11.8. The number of nitrogens with zero attached hydrogens (tertiary/aromatic N) is 2. The van der Waals surface area contributed by atoms with Crippen LogP contribution in [-0.2, 0) is 0 Å². The van der Waals surface area contributed by atoms with Gasteiger partial charge < -0.3 is 10.6 Å². The van der Waals surface area contributed by atoms with Gasteiger partial charge in [-0.3, -0.25) is 0 Å². The molecule has 3 nitrogen and oxygen atoms in total. The minimum absolute atomic E-state index is 0.713. The fourth-order valence-corrected chi connectivity index (χ4v) is 3.37. The number of nitrogens with two attached hydrogens (primary N) is 1. The molecule has 23 heavy (non-hydrogen) atoms. The molecule has 0 amide bonds. The number of nitrogen functional groups attached to an aromatic ring is 1. The average Bonchev–Trinajstić information content (AvgIpc) is 2.85. The normalized spacial score (nSPS) is 23.9. The molecule has 2 aliphatic heterocycles. The first-order chi connectivity index (χ1) is 11.2. The molecule has 0 aromatic carbocycles. The SMILES string of the molecule is C#CC.CC.CC.CC1CC2CCC(C1)N2c1ccc(N)cn1. The monoisotopic (exact) mass is 317 g/mol. The summed E-state index contributed by atoms with van der Waals surface area (Å²) in [6, 6.07) is 5.45. The molecule has 2 N–H and O–H groups in total. The lowest BCUT2D eigenvalue weighted by atomic mass is 9.92. The first-order valence-corrected chi connectivity index (χ1v) is 9.03. The van der Waals surface area contributed by atoms with Crippen LogP contribution in [0.4, 0.5) is 11.5 Å². The highest BCUT2D eigenvalue weighted by molar-refractivity contribution is 5.48. The van der Waals surface area contributed by atoms with E-state index in [2.05, 4.69) is 35.2 Å². The Morgan fingerprint density at radius 3 is 2.00 bits per heavy atom. The van der Waals surface area contributed by atoms with Crippen LogP contribution in [0.15, 0.2) is 18.3 Å². The quantitative estimate of drug-likeness (QED) is 0.731. The van der Waals surface area contributed by atoms with Crippen molar-refractivity contribution in [2.45, 2.75) is 79.3 Å². The molecule has 0 aliphatic carbocycles. The molecule has 3 rings (SSSR count). The number of aromatic nitrogens is 1. The van der Waals surface area contributed by atoms with Gasteiger partial charge in [-0.05, 0) is 50.7 Å². The summed E-state index contributed by atoms with van der Waals surface area (Å²) < 4.78 is 0. The van der Waals surface area contributed by atoms with Gasteiger partial charge in [0.25, 0.3) is 0 Å². The molecule has 1 aromatic rings. The first-order valence-electron chi connectivity index (χ1n) is 9.03. The van der Waals surface area contributed by atoms with E-state index in [9.17, 15) is 0 Å². The largest absolute Gasteiger partial charge is 0.397 e. The van der Waals surface area contributed by atoms with Gasteiger partial charge in [-0.2, -0.15) is 0 Å². The number of hydrogen-bond acceptors (Lipinski definition) is 3. The number of hydrogen-bond donors (Lipinski definition) is 1. The van der Waals surface area contributed by atoms with E-state index < -0.39 is 0 Å². The van der Waals surface area contributed by atoms with Crippen molar-refractivity contribution in [1.82, 2.24) is 4.98 Å². The molecule has 2 bridgehead atoms. The van der Waals surface area contributed by atoms with Gasteiger partial charge in [-0.15, -0.1) is 12.3 Å². The summed E-state index contributed by atoms with van der Waals surface area (Å²) in [5.74, 6) is 4.25. The Bertz CT molecular complexity index is 433. The maximum absolute atomic E-state index is 5.68. The van der Waals surface area contributed by atoms with Gasteiger partial charge >= 0.3 is 0 Å². The van der Waals surface area contributed by atoms with Gasteiger partial charge in [0.1, 0.15) is 5.82 Å². The van der Waals surface area contributed by atoms with E-state index in [0.29, 0.717) is 12.1 Å². The molecule has 2 atom stereocenters. The molecular formula is C20H35N3. The molecule has 0 spiro atoms. The number of anilines is 2. The second-order valence-corrected chi connectivity index (χ2v) is 5.61. The highest BCUT2D eigenvalue weighted by Crippen LogP contribution is 2.40. The van der Waals surface area contributed by atoms with Gasteiger partial charge in [-0.25, -0.2) is 4.98 Å². The maximum Gasteiger partial charge on any atom is 0.129 e. The molecule has 0 radical (unpaired) electrons. The fourth-order valence-electron chi connectivity index (χ4n) is 3.37. The van der Waals surface area contributed by atoms with Crippen LogP contribution in [0.3, 0.4) is 0 Å². The van der Waals surface area contributed by atoms with E-state index in [4.69, 9.17) is 5.73 Å². The van der Waals surface area contributed by atoms with Crippen molar-refractivity contribution in [3.63, 3.8) is 0 Å². The number of terminal acetylenes is 1. The van der Waals surface area contributed by atoms with Crippen molar-refractivity contribution in [3.8, 4) is 12.3 Å². The molecule has 2 aliphatic rings. The number of fused-ring (bicyclic) bond motifs is 2. The Kier molecular flexibility index (Phi) is 11.0. The van der Waals surface area contributed by atoms with Crippen LogP contribution in [0, 0.1) is 18.3 Å². The molecular weight excluding hydrogens is 282 g/mol. The van der Waals surface area contributed by atoms with Crippen LogP contribution in [-0.4, -0.2) is 17.1 Å². The summed E-state index contributed by atoms with van der Waals surface area (Å²) in [4.78, 5) is 7.00. The van der Waals surface area contributed by atoms with Crippen LogP contribution in [0.1, 0.15) is 67.2 Å². The Labute approximate surface area is 143 Å². The summed E-state index contributed by atoms with van der Waals surface area (Å²) >= 11 is 0. The van der Waals surface area contributed by atoms with Crippen molar-refractivity contribution in [2.24, 2.45) is 5.92 Å². The van der Waals surface area contributed by atoms with E-state index in [1.807, 2.05) is 33.8 Å². The minimum atomic E-state index is 0.713. The molecule has 2 unspecified atom stereocenters. The van der Waals surface area contributed by atoms with E-state index in [1.165, 1.54) is 25.7 Å². The molecule has 1 aromatic heterocycles. The highest BCUT2D eigenvalue weighted by atomic mass is 15.3. The van der Waals surface area contributed by atoms with Gasteiger partial charge in [0.15, 0.2) is 0 Å². The third kappa shape index (κ3) is 6.14. The van der Waals surface area contributed by atoms with Crippen molar-refractivity contribution in [1.29, 1.82) is 0 Å². The van der Waals surface area contributed by atoms with Crippen molar-refractivity contribution in [3.05, 3.63) is 18.3 Å². The minimum Gasteiger partial charge on any atom is -0.397 e. The third-order valence-corrected chi connectivity index (χ3v) is 4.00. The summed E-state index contributed by atoms with van der Waals surface area (Å²) in [6.45, 7) is 12.0. The van der Waals surface area contributed by atoms with Crippen LogP contribution in [0.5, 0.6) is 0 Å². The van der Waals surface area contributed by atoms with Gasteiger partial charge in [0, 0.05) is 12.1 Å². The Hall–Kier alpha value is -1.69. The highest BCUT2D eigenvalue weighted by Gasteiger charge is 2.39. The second-order valence-electron chi connectivity index (χ2n) is 5.61. The van der Waals surface area contributed by atoms with Crippen molar-refractivity contribution >= 4 is 11.5 Å². The summed E-state index contributed by atoms with van der Waals surface area (Å²) in [6.07, 6.45) is 11.7. The third-order valence-electron chi connectivity index (χ3n) is 4.00. The lowest BCUT2D eigenvalue weighted by molar-refractivity contribution is 0.361. The smallest absolute Gasteiger partial charge is 0.129 e. The summed E-state index contributed by atoms with van der Waals surface area (Å²) in [7, 11) is 0. The van der Waals surface area contributed by atoms with Gasteiger partial charge in [0.2, 0.25) is 0 Å².